The number of nitrogens with one attached hydrogen (secondary N) is 1. The minimum absolute atomic E-state index is 0.0184. The lowest BCUT2D eigenvalue weighted by molar-refractivity contribution is -0.145. The number of nitrogens with two attached hydrogens (primary N) is 1. The van der Waals surface area contributed by atoms with E-state index in [0.29, 0.717) is 35.7 Å². The van der Waals surface area contributed by atoms with Gasteiger partial charge < -0.3 is 21.1 Å². The Hall–Kier alpha value is -2.58. The fraction of sp³-hybridized carbons (Fsp3) is 0.586. The third-order valence-corrected chi connectivity index (χ3v) is 7.35. The van der Waals surface area contributed by atoms with Gasteiger partial charge in [-0.15, -0.1) is 0 Å². The maximum Gasteiger partial charge on any atom is 0.244 e. The Labute approximate surface area is 219 Å². The molecule has 6 nitrogen and oxygen atoms in total. The molecule has 2 aliphatic carbocycles. The molecule has 3 atom stereocenters. The number of rotatable bonds is 14. The Morgan fingerprint density at radius 2 is 1.78 bits per heavy atom. The van der Waals surface area contributed by atoms with Crippen LogP contribution >= 0.6 is 0 Å². The van der Waals surface area contributed by atoms with E-state index in [0.717, 1.165) is 38.3 Å². The van der Waals surface area contributed by atoms with Crippen molar-refractivity contribution in [2.45, 2.75) is 65.4 Å². The second-order valence-electron chi connectivity index (χ2n) is 10.7. The van der Waals surface area contributed by atoms with Crippen molar-refractivity contribution in [2.75, 3.05) is 26.2 Å². The molecule has 1 saturated carbocycles. The molecule has 1 aromatic carbocycles. The second-order valence-corrected chi connectivity index (χ2v) is 10.7. The highest BCUT2D eigenvalue weighted by Crippen LogP contribution is 2.46. The summed E-state index contributed by atoms with van der Waals surface area (Å²) >= 11 is 0. The van der Waals surface area contributed by atoms with Gasteiger partial charge in [-0.2, -0.15) is 0 Å². The molecule has 2 aliphatic rings. The number of halogens is 2. The zero-order valence-corrected chi connectivity index (χ0v) is 22.2. The highest BCUT2D eigenvalue weighted by atomic mass is 19.1. The van der Waals surface area contributed by atoms with E-state index in [1.807, 2.05) is 19.9 Å². The van der Waals surface area contributed by atoms with Gasteiger partial charge in [0.2, 0.25) is 11.8 Å². The van der Waals surface area contributed by atoms with Gasteiger partial charge in [0.1, 0.15) is 11.6 Å². The number of benzene rings is 1. The van der Waals surface area contributed by atoms with Gasteiger partial charge in [0, 0.05) is 37.2 Å². The smallest absolute Gasteiger partial charge is 0.244 e. The lowest BCUT2D eigenvalue weighted by Gasteiger charge is -2.45. The van der Waals surface area contributed by atoms with Crippen LogP contribution in [0.2, 0.25) is 0 Å². The standard InChI is InChI=1S/C29H41F2N3O3/c1-4-8-34(9-5-2)28(37)29(15-19(3)10-22(16-29)27(32)36)25(26(35)18-33-17-20-6-7-20)13-21-11-23(30)14-24(31)12-21/h10-12,14-15,20,25-26,33,35H,4-9,13,16-18H2,1-3H3,(H2,32,36)/t25-,26+,29?/m1/s1. The van der Waals surface area contributed by atoms with Crippen LogP contribution in [-0.4, -0.2) is 54.1 Å². The zero-order chi connectivity index (χ0) is 27.2. The van der Waals surface area contributed by atoms with Crippen molar-refractivity contribution in [1.29, 1.82) is 0 Å². The summed E-state index contributed by atoms with van der Waals surface area (Å²) in [5.74, 6) is -2.44. The van der Waals surface area contributed by atoms with Crippen molar-refractivity contribution < 1.29 is 23.5 Å². The van der Waals surface area contributed by atoms with Crippen LogP contribution in [0, 0.1) is 28.9 Å². The fourth-order valence-electron chi connectivity index (χ4n) is 5.53. The second kappa shape index (κ2) is 12.8. The fourth-order valence-corrected chi connectivity index (χ4v) is 5.53. The first kappa shape index (κ1) is 29.0. The number of hydrogen-bond acceptors (Lipinski definition) is 4. The molecule has 0 saturated heterocycles. The van der Waals surface area contributed by atoms with Crippen LogP contribution in [0.4, 0.5) is 8.78 Å². The van der Waals surface area contributed by atoms with Gasteiger partial charge >= 0.3 is 0 Å². The molecule has 8 heteroatoms. The summed E-state index contributed by atoms with van der Waals surface area (Å²) in [6, 6.07) is 3.27. The van der Waals surface area contributed by atoms with Crippen LogP contribution in [0.3, 0.4) is 0 Å². The third-order valence-electron chi connectivity index (χ3n) is 7.35. The van der Waals surface area contributed by atoms with Gasteiger partial charge in [-0.25, -0.2) is 8.78 Å². The van der Waals surface area contributed by atoms with Crippen molar-refractivity contribution in [1.82, 2.24) is 10.2 Å². The van der Waals surface area contributed by atoms with E-state index in [4.69, 9.17) is 5.73 Å². The minimum atomic E-state index is -1.31. The number of amides is 2. The summed E-state index contributed by atoms with van der Waals surface area (Å²) in [4.78, 5) is 28.5. The Morgan fingerprint density at radius 1 is 1.16 bits per heavy atom. The number of hydrogen-bond donors (Lipinski definition) is 3. The number of aliphatic hydroxyl groups is 1. The van der Waals surface area contributed by atoms with Crippen LogP contribution < -0.4 is 11.1 Å². The van der Waals surface area contributed by atoms with E-state index in [1.54, 1.807) is 17.9 Å². The molecule has 0 aromatic heterocycles. The van der Waals surface area contributed by atoms with E-state index in [1.165, 1.54) is 12.1 Å². The Morgan fingerprint density at radius 3 is 2.32 bits per heavy atom. The summed E-state index contributed by atoms with van der Waals surface area (Å²) in [5, 5.41) is 14.9. The summed E-state index contributed by atoms with van der Waals surface area (Å²) in [5.41, 5.74) is 5.72. The Balaban J connectivity index is 2.10. The van der Waals surface area contributed by atoms with Crippen LogP contribution in [-0.2, 0) is 16.0 Å². The maximum absolute atomic E-state index is 14.4. The van der Waals surface area contributed by atoms with Crippen LogP contribution in [0.15, 0.2) is 41.5 Å². The quantitative estimate of drug-likeness (QED) is 0.349. The average molecular weight is 518 g/mol. The van der Waals surface area contributed by atoms with Gasteiger partial charge in [-0.05, 0) is 75.6 Å². The number of nitrogens with zero attached hydrogens (tertiary/aromatic N) is 1. The molecule has 1 aromatic rings. The zero-order valence-electron chi connectivity index (χ0n) is 22.2. The summed E-state index contributed by atoms with van der Waals surface area (Å²) in [6.45, 7) is 7.80. The van der Waals surface area contributed by atoms with Crippen molar-refractivity contribution in [3.63, 3.8) is 0 Å². The van der Waals surface area contributed by atoms with Crippen molar-refractivity contribution >= 4 is 11.8 Å². The molecule has 1 unspecified atom stereocenters. The van der Waals surface area contributed by atoms with Crippen LogP contribution in [0.25, 0.3) is 0 Å². The normalized spacial score (nSPS) is 21.1. The van der Waals surface area contributed by atoms with E-state index < -0.39 is 35.0 Å². The SMILES string of the molecule is CCCN(CCC)C(=O)C1([C@H](Cc2cc(F)cc(F)c2)[C@@H](O)CNCC2CC2)C=C(C)C=C(C(N)=O)C1. The largest absolute Gasteiger partial charge is 0.391 e. The maximum atomic E-state index is 14.4. The van der Waals surface area contributed by atoms with E-state index in [2.05, 4.69) is 5.32 Å². The summed E-state index contributed by atoms with van der Waals surface area (Å²) < 4.78 is 28.3. The van der Waals surface area contributed by atoms with Crippen molar-refractivity contribution in [3.8, 4) is 0 Å². The molecule has 0 aliphatic heterocycles. The lowest BCUT2D eigenvalue weighted by atomic mass is 9.63. The molecule has 37 heavy (non-hydrogen) atoms. The summed E-state index contributed by atoms with van der Waals surface area (Å²) in [7, 11) is 0. The third kappa shape index (κ3) is 7.48. The van der Waals surface area contributed by atoms with Crippen LogP contribution in [0.5, 0.6) is 0 Å². The molecule has 4 N–H and O–H groups in total. The number of aliphatic hydroxyl groups excluding tert-OH is 1. The van der Waals surface area contributed by atoms with Gasteiger partial charge in [0.05, 0.1) is 11.5 Å². The minimum Gasteiger partial charge on any atom is -0.391 e. The first-order valence-electron chi connectivity index (χ1n) is 13.4. The monoisotopic (exact) mass is 517 g/mol. The molecular weight excluding hydrogens is 476 g/mol. The van der Waals surface area contributed by atoms with Gasteiger partial charge in [0.25, 0.3) is 0 Å². The predicted molar refractivity (Wildman–Crippen MR) is 140 cm³/mol. The molecular formula is C29H41F2N3O3. The topological polar surface area (TPSA) is 95.7 Å². The van der Waals surface area contributed by atoms with E-state index in [-0.39, 0.29) is 25.3 Å². The Kier molecular flexibility index (Phi) is 10.0. The highest BCUT2D eigenvalue weighted by molar-refractivity contribution is 5.96. The van der Waals surface area contributed by atoms with Gasteiger partial charge in [-0.1, -0.05) is 31.6 Å². The van der Waals surface area contributed by atoms with Gasteiger partial charge in [-0.3, -0.25) is 9.59 Å². The molecule has 2 amide bonds. The molecule has 204 valence electrons. The van der Waals surface area contributed by atoms with Gasteiger partial charge in [0.15, 0.2) is 0 Å². The number of primary amides is 1. The average Bonchev–Trinajstić information content (AvgIpc) is 3.65. The molecule has 3 rings (SSSR count). The van der Waals surface area contributed by atoms with E-state index >= 15 is 0 Å². The highest BCUT2D eigenvalue weighted by Gasteiger charge is 2.50. The molecule has 0 heterocycles. The van der Waals surface area contributed by atoms with E-state index in [9.17, 15) is 23.5 Å². The number of allylic oxidation sites excluding steroid dienone is 2. The van der Waals surface area contributed by atoms with Crippen molar-refractivity contribution in [3.05, 3.63) is 58.7 Å². The first-order chi connectivity index (χ1) is 17.6. The number of carbonyl (C=O) groups excluding carboxylic acids is 2. The Bertz CT molecular complexity index is 1010. The molecule has 1 fully saturated rings. The van der Waals surface area contributed by atoms with Crippen molar-refractivity contribution in [2.24, 2.45) is 23.0 Å². The first-order valence-corrected chi connectivity index (χ1v) is 13.4. The molecule has 0 spiro atoms. The number of carbonyl (C=O) groups is 2. The molecule has 0 radical (unpaired) electrons. The molecule has 0 bridgehead atoms. The lowest BCUT2D eigenvalue weighted by Crippen LogP contribution is -2.54. The predicted octanol–water partition coefficient (Wildman–Crippen LogP) is 3.88. The van der Waals surface area contributed by atoms with Crippen LogP contribution in [0.1, 0.15) is 58.4 Å². The summed E-state index contributed by atoms with van der Waals surface area (Å²) in [6.07, 6.45) is 6.33.